The van der Waals surface area contributed by atoms with Crippen LogP contribution in [0.2, 0.25) is 0 Å². The second kappa shape index (κ2) is 9.06. The molecule has 0 aliphatic carbocycles. The van der Waals surface area contributed by atoms with Crippen molar-refractivity contribution >= 4 is 35.0 Å². The maximum absolute atomic E-state index is 13.0. The van der Waals surface area contributed by atoms with E-state index < -0.39 is 5.97 Å². The highest BCUT2D eigenvalue weighted by Crippen LogP contribution is 2.38. The molecule has 0 radical (unpaired) electrons. The monoisotopic (exact) mass is 444 g/mol. The summed E-state index contributed by atoms with van der Waals surface area (Å²) in [5.74, 6) is 0.758. The van der Waals surface area contributed by atoms with Gasteiger partial charge >= 0.3 is 5.97 Å². The minimum Gasteiger partial charge on any atom is -0.452 e. The van der Waals surface area contributed by atoms with Gasteiger partial charge in [0.25, 0.3) is 5.91 Å². The van der Waals surface area contributed by atoms with Crippen molar-refractivity contribution in [1.82, 2.24) is 9.47 Å². The topological polar surface area (TPSA) is 51.5 Å². The smallest absolute Gasteiger partial charge is 0.341 e. The third-order valence-corrected chi connectivity index (χ3v) is 7.34. The molecule has 1 aliphatic rings. The van der Waals surface area contributed by atoms with Crippen molar-refractivity contribution < 1.29 is 18.7 Å². The number of thiophene rings is 1. The van der Waals surface area contributed by atoms with E-state index in [1.807, 2.05) is 40.9 Å². The molecular formula is C22H21FN2O3S2. The molecule has 2 aromatic heterocycles. The molecule has 0 unspecified atom stereocenters. The molecule has 0 atom stereocenters. The van der Waals surface area contributed by atoms with Gasteiger partial charge in [-0.25, -0.2) is 9.18 Å². The van der Waals surface area contributed by atoms with Crippen molar-refractivity contribution in [2.75, 3.05) is 19.4 Å². The van der Waals surface area contributed by atoms with E-state index in [4.69, 9.17) is 4.74 Å². The Morgan fingerprint density at radius 1 is 1.20 bits per heavy atom. The van der Waals surface area contributed by atoms with Crippen LogP contribution in [0.1, 0.15) is 26.4 Å². The van der Waals surface area contributed by atoms with Crippen molar-refractivity contribution in [2.24, 2.45) is 0 Å². The molecule has 1 amide bonds. The highest BCUT2D eigenvalue weighted by molar-refractivity contribution is 7.98. The third-order valence-electron chi connectivity index (χ3n) is 4.93. The molecule has 0 saturated heterocycles. The summed E-state index contributed by atoms with van der Waals surface area (Å²) >= 11 is 3.46. The van der Waals surface area contributed by atoms with Crippen LogP contribution in [0.5, 0.6) is 0 Å². The number of aromatic nitrogens is 1. The van der Waals surface area contributed by atoms with Gasteiger partial charge in [-0.15, -0.1) is 11.3 Å². The summed E-state index contributed by atoms with van der Waals surface area (Å²) in [5, 5.41) is 0.838. The Kier molecular flexibility index (Phi) is 6.24. The Labute approximate surface area is 182 Å². The van der Waals surface area contributed by atoms with Crippen LogP contribution in [0.3, 0.4) is 0 Å². The first kappa shape index (κ1) is 20.7. The fourth-order valence-corrected chi connectivity index (χ4v) is 5.78. The number of benzene rings is 1. The van der Waals surface area contributed by atoms with E-state index >= 15 is 0 Å². The summed E-state index contributed by atoms with van der Waals surface area (Å²) in [6.45, 7) is -0.0165. The summed E-state index contributed by atoms with van der Waals surface area (Å²) in [6.07, 6.45) is 4.63. The number of fused-ring (bicyclic) bond motifs is 1. The van der Waals surface area contributed by atoms with E-state index in [-0.39, 0.29) is 18.3 Å². The summed E-state index contributed by atoms with van der Waals surface area (Å²) in [6, 6.07) is 9.80. The van der Waals surface area contributed by atoms with E-state index in [1.165, 1.54) is 21.9 Å². The summed E-state index contributed by atoms with van der Waals surface area (Å²) in [4.78, 5) is 28.1. The summed E-state index contributed by atoms with van der Waals surface area (Å²) < 4.78 is 20.4. The van der Waals surface area contributed by atoms with E-state index in [9.17, 15) is 14.0 Å². The first-order valence-electron chi connectivity index (χ1n) is 9.54. The number of ether oxygens (including phenoxy) is 1. The van der Waals surface area contributed by atoms with Gasteiger partial charge in [0, 0.05) is 36.6 Å². The largest absolute Gasteiger partial charge is 0.452 e. The first-order chi connectivity index (χ1) is 14.5. The lowest BCUT2D eigenvalue weighted by Crippen LogP contribution is -2.31. The van der Waals surface area contributed by atoms with Crippen LogP contribution in [0.15, 0.2) is 48.8 Å². The molecule has 0 bridgehead atoms. The maximum Gasteiger partial charge on any atom is 0.341 e. The lowest BCUT2D eigenvalue weighted by atomic mass is 10.1. The number of nitrogens with zero attached hydrogens (tertiary/aromatic N) is 2. The molecule has 0 N–H and O–H groups in total. The zero-order chi connectivity index (χ0) is 21.1. The number of esters is 1. The van der Waals surface area contributed by atoms with Crippen molar-refractivity contribution in [1.29, 1.82) is 0 Å². The number of carbonyl (C=O) groups excluding carboxylic acids is 2. The molecule has 0 saturated carbocycles. The van der Waals surface area contributed by atoms with Gasteiger partial charge in [-0.05, 0) is 47.6 Å². The Balaban J connectivity index is 1.45. The highest BCUT2D eigenvalue weighted by atomic mass is 32.2. The van der Waals surface area contributed by atoms with Crippen molar-refractivity contribution in [2.45, 2.75) is 18.7 Å². The van der Waals surface area contributed by atoms with Crippen LogP contribution in [0.25, 0.3) is 5.00 Å². The highest BCUT2D eigenvalue weighted by Gasteiger charge is 2.28. The molecule has 1 aromatic carbocycles. The molecule has 3 aromatic rings. The van der Waals surface area contributed by atoms with E-state index in [1.54, 1.807) is 30.5 Å². The fourth-order valence-electron chi connectivity index (χ4n) is 3.34. The molecule has 1 aliphatic heterocycles. The van der Waals surface area contributed by atoms with Crippen LogP contribution < -0.4 is 0 Å². The second-order valence-corrected chi connectivity index (χ2v) is 9.22. The predicted molar refractivity (Wildman–Crippen MR) is 117 cm³/mol. The molecule has 8 heteroatoms. The van der Waals surface area contributed by atoms with E-state index in [0.717, 1.165) is 34.1 Å². The third kappa shape index (κ3) is 4.44. The number of hydrogen-bond donors (Lipinski definition) is 0. The normalized spacial score (nSPS) is 13.0. The summed E-state index contributed by atoms with van der Waals surface area (Å²) in [7, 11) is 1.63. The van der Waals surface area contributed by atoms with Crippen LogP contribution in [0, 0.1) is 5.82 Å². The molecule has 156 valence electrons. The average Bonchev–Trinajstić information content (AvgIpc) is 3.41. The Morgan fingerprint density at radius 2 is 1.93 bits per heavy atom. The van der Waals surface area contributed by atoms with Crippen LogP contribution in [0.4, 0.5) is 4.39 Å². The number of halogens is 1. The SMILES string of the molecule is CN(Cc1ccc(F)cc1)C(=O)COC(=O)c1c(-n2cccc2)sc2c1CCSC2. The van der Waals surface area contributed by atoms with Gasteiger partial charge in [0.15, 0.2) is 6.61 Å². The lowest BCUT2D eigenvalue weighted by molar-refractivity contribution is -0.133. The first-order valence-corrected chi connectivity index (χ1v) is 11.5. The quantitative estimate of drug-likeness (QED) is 0.533. The molecule has 5 nitrogen and oxygen atoms in total. The van der Waals surface area contributed by atoms with Gasteiger partial charge in [0.05, 0.1) is 5.56 Å². The Morgan fingerprint density at radius 3 is 2.67 bits per heavy atom. The van der Waals surface area contributed by atoms with Gasteiger partial charge in [0.2, 0.25) is 0 Å². The number of carbonyl (C=O) groups is 2. The number of thioether (sulfide) groups is 1. The Hall–Kier alpha value is -2.58. The molecule has 30 heavy (non-hydrogen) atoms. The van der Waals surface area contributed by atoms with E-state index in [0.29, 0.717) is 12.1 Å². The number of amides is 1. The minimum absolute atomic E-state index is 0.310. The van der Waals surface area contributed by atoms with Crippen molar-refractivity contribution in [3.05, 3.63) is 76.2 Å². The van der Waals surface area contributed by atoms with Crippen molar-refractivity contribution in [3.63, 3.8) is 0 Å². The molecular weight excluding hydrogens is 423 g/mol. The van der Waals surface area contributed by atoms with Gasteiger partial charge < -0.3 is 14.2 Å². The molecule has 0 fully saturated rings. The van der Waals surface area contributed by atoms with Crippen LogP contribution in [-0.2, 0) is 28.2 Å². The van der Waals surface area contributed by atoms with Gasteiger partial charge in [-0.2, -0.15) is 11.8 Å². The molecule has 4 rings (SSSR count). The summed E-state index contributed by atoms with van der Waals surface area (Å²) in [5.41, 5.74) is 2.41. The van der Waals surface area contributed by atoms with Crippen molar-refractivity contribution in [3.8, 4) is 5.00 Å². The minimum atomic E-state index is -0.466. The molecule has 3 heterocycles. The standard InChI is InChI=1S/C22H21FN2O3S2/c1-24(12-15-4-6-16(23)7-5-15)19(26)13-28-22(27)20-17-8-11-29-14-18(17)30-21(20)25-9-2-3-10-25/h2-7,9-10H,8,11-14H2,1H3. The predicted octanol–water partition coefficient (Wildman–Crippen LogP) is 4.28. The van der Waals surface area contributed by atoms with Gasteiger partial charge in [0.1, 0.15) is 10.8 Å². The zero-order valence-corrected chi connectivity index (χ0v) is 18.1. The number of hydrogen-bond acceptors (Lipinski definition) is 5. The van der Waals surface area contributed by atoms with Gasteiger partial charge in [-0.3, -0.25) is 4.79 Å². The Bertz CT molecular complexity index is 1050. The number of likely N-dealkylation sites (N-methyl/N-ethyl adjacent to an activating group) is 1. The van der Waals surface area contributed by atoms with Crippen LogP contribution >= 0.6 is 23.1 Å². The molecule has 0 spiro atoms. The fraction of sp³-hybridized carbons (Fsp3) is 0.273. The maximum atomic E-state index is 13.0. The van der Waals surface area contributed by atoms with Crippen LogP contribution in [-0.4, -0.2) is 40.8 Å². The van der Waals surface area contributed by atoms with E-state index in [2.05, 4.69) is 0 Å². The average molecular weight is 445 g/mol. The zero-order valence-electron chi connectivity index (χ0n) is 16.5. The lowest BCUT2D eigenvalue weighted by Gasteiger charge is -2.18. The number of rotatable bonds is 6. The van der Waals surface area contributed by atoms with Gasteiger partial charge in [-0.1, -0.05) is 12.1 Å². The second-order valence-electron chi connectivity index (χ2n) is 7.03.